The summed E-state index contributed by atoms with van der Waals surface area (Å²) >= 11 is 12.0. The Labute approximate surface area is 216 Å². The van der Waals surface area contributed by atoms with Crippen LogP contribution in [0.3, 0.4) is 0 Å². The Bertz CT molecular complexity index is 1080. The molecule has 184 valence electrons. The number of aliphatic hydroxyl groups excluding tert-OH is 2. The fourth-order valence-corrected chi connectivity index (χ4v) is 4.33. The van der Waals surface area contributed by atoms with E-state index in [2.05, 4.69) is 15.9 Å². The third-order valence-electron chi connectivity index (χ3n) is 5.71. The lowest BCUT2D eigenvalue weighted by molar-refractivity contribution is 0.117. The highest BCUT2D eigenvalue weighted by Crippen LogP contribution is 2.32. The molecule has 0 spiro atoms. The lowest BCUT2D eigenvalue weighted by atomic mass is 10.0. The van der Waals surface area contributed by atoms with Gasteiger partial charge in [-0.25, -0.2) is 0 Å². The maximum atomic E-state index is 9.91. The number of ether oxygens (including phenoxy) is 1. The summed E-state index contributed by atoms with van der Waals surface area (Å²) in [4.78, 5) is 4.48. The molecule has 8 heteroatoms. The van der Waals surface area contributed by atoms with Crippen molar-refractivity contribution in [2.24, 2.45) is 0 Å². The summed E-state index contributed by atoms with van der Waals surface area (Å²) in [6, 6.07) is 24.4. The lowest BCUT2D eigenvalue weighted by Gasteiger charge is -2.40. The van der Waals surface area contributed by atoms with Gasteiger partial charge in [0.1, 0.15) is 12.4 Å². The predicted molar refractivity (Wildman–Crippen MR) is 140 cm³/mol. The summed E-state index contributed by atoms with van der Waals surface area (Å²) in [7, 11) is 0. The van der Waals surface area contributed by atoms with Gasteiger partial charge in [0.2, 0.25) is 0 Å². The van der Waals surface area contributed by atoms with E-state index in [1.807, 2.05) is 54.6 Å². The van der Waals surface area contributed by atoms with Crippen LogP contribution in [0.2, 0.25) is 10.0 Å². The first kappa shape index (κ1) is 26.8. The fourth-order valence-electron chi connectivity index (χ4n) is 3.90. The van der Waals surface area contributed by atoms with E-state index < -0.39 is 0 Å². The summed E-state index contributed by atoms with van der Waals surface area (Å²) < 4.78 is 5.40. The standard InChI is InChI=1S/C21H24ClN3O3.C6H5Cl/c22-19-13-18(28-12-11-26)5-6-20(19)24-7-9-25(10-8-24)21(15-27)17-3-1-16(14-23)2-4-17;7-6-4-2-1-3-5-6/h1-6,13,21,26-27H,7-12,15H2;1-5H. The Morgan fingerprint density at radius 2 is 1.60 bits per heavy atom. The van der Waals surface area contributed by atoms with E-state index in [1.54, 1.807) is 18.2 Å². The van der Waals surface area contributed by atoms with Crippen molar-refractivity contribution in [3.8, 4) is 11.8 Å². The van der Waals surface area contributed by atoms with Crippen molar-refractivity contribution < 1.29 is 14.9 Å². The zero-order chi connectivity index (χ0) is 25.0. The zero-order valence-electron chi connectivity index (χ0n) is 19.4. The number of nitrogens with zero attached hydrogens (tertiary/aromatic N) is 3. The molecule has 0 saturated carbocycles. The van der Waals surface area contributed by atoms with Crippen molar-refractivity contribution in [3.63, 3.8) is 0 Å². The van der Waals surface area contributed by atoms with Crippen molar-refractivity contribution in [1.29, 1.82) is 5.26 Å². The second-order valence-corrected chi connectivity index (χ2v) is 8.78. The molecule has 1 fully saturated rings. The van der Waals surface area contributed by atoms with Gasteiger partial charge in [-0.1, -0.05) is 53.5 Å². The number of anilines is 1. The Kier molecular flexibility index (Phi) is 10.7. The molecule has 1 heterocycles. The van der Waals surface area contributed by atoms with Crippen LogP contribution in [-0.4, -0.2) is 61.1 Å². The third kappa shape index (κ3) is 7.86. The van der Waals surface area contributed by atoms with Gasteiger partial charge in [-0.05, 0) is 42.0 Å². The van der Waals surface area contributed by atoms with E-state index in [9.17, 15) is 5.11 Å². The first-order valence-corrected chi connectivity index (χ1v) is 12.1. The molecule has 6 nitrogen and oxygen atoms in total. The number of hydrogen-bond donors (Lipinski definition) is 2. The SMILES string of the molecule is Clc1ccccc1.N#Cc1ccc(C(CO)N2CCN(c3ccc(OCCO)cc3Cl)CC2)cc1. The minimum absolute atomic E-state index is 0.0313. The van der Waals surface area contributed by atoms with Crippen LogP contribution < -0.4 is 9.64 Å². The van der Waals surface area contributed by atoms with Gasteiger partial charge in [0, 0.05) is 37.3 Å². The average molecular weight is 514 g/mol. The van der Waals surface area contributed by atoms with Gasteiger partial charge >= 0.3 is 0 Å². The minimum atomic E-state index is -0.0837. The normalized spacial score (nSPS) is 14.4. The summed E-state index contributed by atoms with van der Waals surface area (Å²) in [5.74, 6) is 0.641. The summed E-state index contributed by atoms with van der Waals surface area (Å²) in [5.41, 5.74) is 2.58. The number of piperazine rings is 1. The first-order valence-electron chi connectivity index (χ1n) is 11.4. The van der Waals surface area contributed by atoms with E-state index in [0.29, 0.717) is 16.3 Å². The maximum absolute atomic E-state index is 9.91. The van der Waals surface area contributed by atoms with Gasteiger partial charge < -0.3 is 19.8 Å². The Balaban J connectivity index is 0.000000420. The molecule has 0 bridgehead atoms. The van der Waals surface area contributed by atoms with Gasteiger partial charge in [-0.15, -0.1) is 0 Å². The summed E-state index contributed by atoms with van der Waals surface area (Å²) in [5, 5.41) is 29.1. The van der Waals surface area contributed by atoms with Crippen LogP contribution in [0.1, 0.15) is 17.2 Å². The van der Waals surface area contributed by atoms with Crippen LogP contribution in [-0.2, 0) is 0 Å². The van der Waals surface area contributed by atoms with Crippen LogP contribution in [0.15, 0.2) is 72.8 Å². The Hall–Kier alpha value is -2.79. The Morgan fingerprint density at radius 3 is 2.11 bits per heavy atom. The second-order valence-electron chi connectivity index (χ2n) is 7.94. The van der Waals surface area contributed by atoms with Crippen molar-refractivity contribution >= 4 is 28.9 Å². The van der Waals surface area contributed by atoms with E-state index in [-0.39, 0.29) is 25.9 Å². The maximum Gasteiger partial charge on any atom is 0.121 e. The monoisotopic (exact) mass is 513 g/mol. The van der Waals surface area contributed by atoms with Crippen LogP contribution in [0, 0.1) is 11.3 Å². The van der Waals surface area contributed by atoms with E-state index in [0.717, 1.165) is 42.5 Å². The zero-order valence-corrected chi connectivity index (χ0v) is 20.9. The molecule has 3 aromatic rings. The van der Waals surface area contributed by atoms with Crippen LogP contribution in [0.25, 0.3) is 0 Å². The number of hydrogen-bond acceptors (Lipinski definition) is 6. The van der Waals surface area contributed by atoms with Gasteiger partial charge in [0.25, 0.3) is 0 Å². The van der Waals surface area contributed by atoms with E-state index in [1.165, 1.54) is 0 Å². The molecule has 0 amide bonds. The first-order chi connectivity index (χ1) is 17.0. The molecular formula is C27H29Cl2N3O3. The summed E-state index contributed by atoms with van der Waals surface area (Å²) in [6.45, 7) is 3.42. The largest absolute Gasteiger partial charge is 0.491 e. The van der Waals surface area contributed by atoms with Crippen molar-refractivity contribution in [1.82, 2.24) is 4.90 Å². The van der Waals surface area contributed by atoms with Crippen LogP contribution in [0.5, 0.6) is 5.75 Å². The molecular weight excluding hydrogens is 485 g/mol. The number of aliphatic hydroxyl groups is 2. The van der Waals surface area contributed by atoms with Crippen LogP contribution in [0.4, 0.5) is 5.69 Å². The minimum Gasteiger partial charge on any atom is -0.491 e. The molecule has 1 atom stereocenters. The number of nitriles is 1. The molecule has 0 aliphatic carbocycles. The highest BCUT2D eigenvalue weighted by atomic mass is 35.5. The highest BCUT2D eigenvalue weighted by molar-refractivity contribution is 6.33. The highest BCUT2D eigenvalue weighted by Gasteiger charge is 2.25. The van der Waals surface area contributed by atoms with Crippen molar-refractivity contribution in [3.05, 3.63) is 94.0 Å². The van der Waals surface area contributed by atoms with Gasteiger partial charge in [-0.2, -0.15) is 5.26 Å². The van der Waals surface area contributed by atoms with E-state index in [4.69, 9.17) is 38.3 Å². The van der Waals surface area contributed by atoms with Gasteiger partial charge in [-0.3, -0.25) is 4.90 Å². The second kappa shape index (κ2) is 13.9. The molecule has 35 heavy (non-hydrogen) atoms. The lowest BCUT2D eigenvalue weighted by Crippen LogP contribution is -2.48. The van der Waals surface area contributed by atoms with Gasteiger partial charge in [0.05, 0.1) is 41.6 Å². The summed E-state index contributed by atoms with van der Waals surface area (Å²) in [6.07, 6.45) is 0. The molecule has 1 aliphatic heterocycles. The van der Waals surface area contributed by atoms with Crippen LogP contribution >= 0.6 is 23.2 Å². The topological polar surface area (TPSA) is 80.0 Å². The molecule has 3 aromatic carbocycles. The fraction of sp³-hybridized carbons (Fsp3) is 0.296. The number of rotatable bonds is 7. The predicted octanol–water partition coefficient (Wildman–Crippen LogP) is 4.78. The smallest absolute Gasteiger partial charge is 0.121 e. The number of halogens is 2. The molecule has 4 rings (SSSR count). The van der Waals surface area contributed by atoms with Gasteiger partial charge in [0.15, 0.2) is 0 Å². The molecule has 0 radical (unpaired) electrons. The molecule has 1 unspecified atom stereocenters. The molecule has 0 aromatic heterocycles. The Morgan fingerprint density at radius 1 is 0.914 bits per heavy atom. The van der Waals surface area contributed by atoms with E-state index >= 15 is 0 Å². The molecule has 1 aliphatic rings. The molecule has 2 N–H and O–H groups in total. The number of benzene rings is 3. The third-order valence-corrected chi connectivity index (χ3v) is 6.26. The average Bonchev–Trinajstić information content (AvgIpc) is 2.90. The molecule has 1 saturated heterocycles. The quantitative estimate of drug-likeness (QED) is 0.473. The van der Waals surface area contributed by atoms with Crippen molar-refractivity contribution in [2.75, 3.05) is 50.9 Å². The van der Waals surface area contributed by atoms with Crippen molar-refractivity contribution in [2.45, 2.75) is 6.04 Å².